The maximum atomic E-state index is 6.03. The van der Waals surface area contributed by atoms with Crippen LogP contribution in [-0.2, 0) is 0 Å². The van der Waals surface area contributed by atoms with E-state index in [4.69, 9.17) is 5.73 Å². The molecular formula is C16H35N. The summed E-state index contributed by atoms with van der Waals surface area (Å²) in [6.45, 7) is 11.4. The predicted octanol–water partition coefficient (Wildman–Crippen LogP) is 5.14. The Hall–Kier alpha value is -0.0400. The fourth-order valence-electron chi connectivity index (χ4n) is 2.08. The third-order valence-corrected chi connectivity index (χ3v) is 3.57. The lowest BCUT2D eigenvalue weighted by molar-refractivity contribution is 0.356. The zero-order chi connectivity index (χ0) is 13.3. The SMILES string of the molecule is CC(C)C(N)CCCCCCCCC(C)(C)C. The molecule has 0 aliphatic rings. The number of nitrogens with two attached hydrogens (primary N) is 1. The van der Waals surface area contributed by atoms with Crippen LogP contribution in [0.2, 0.25) is 0 Å². The Morgan fingerprint density at radius 1 is 0.824 bits per heavy atom. The van der Waals surface area contributed by atoms with Crippen molar-refractivity contribution < 1.29 is 0 Å². The van der Waals surface area contributed by atoms with Gasteiger partial charge < -0.3 is 5.73 Å². The van der Waals surface area contributed by atoms with E-state index < -0.39 is 0 Å². The lowest BCUT2D eigenvalue weighted by atomic mass is 9.89. The minimum Gasteiger partial charge on any atom is -0.327 e. The van der Waals surface area contributed by atoms with Gasteiger partial charge in [0.2, 0.25) is 0 Å². The van der Waals surface area contributed by atoms with Crippen molar-refractivity contribution >= 4 is 0 Å². The molecule has 0 aromatic heterocycles. The molecule has 0 aromatic rings. The predicted molar refractivity (Wildman–Crippen MR) is 79.2 cm³/mol. The van der Waals surface area contributed by atoms with Gasteiger partial charge in [0.05, 0.1) is 0 Å². The maximum absolute atomic E-state index is 6.03. The molecule has 2 N–H and O–H groups in total. The van der Waals surface area contributed by atoms with Crippen LogP contribution in [0.4, 0.5) is 0 Å². The topological polar surface area (TPSA) is 26.0 Å². The first-order chi connectivity index (χ1) is 7.83. The van der Waals surface area contributed by atoms with Crippen molar-refractivity contribution in [1.29, 1.82) is 0 Å². The van der Waals surface area contributed by atoms with Crippen LogP contribution in [-0.4, -0.2) is 6.04 Å². The van der Waals surface area contributed by atoms with Gasteiger partial charge in [-0.15, -0.1) is 0 Å². The van der Waals surface area contributed by atoms with E-state index in [1.54, 1.807) is 0 Å². The molecule has 0 heterocycles. The van der Waals surface area contributed by atoms with Gasteiger partial charge in [0.15, 0.2) is 0 Å². The van der Waals surface area contributed by atoms with E-state index >= 15 is 0 Å². The molecule has 0 rings (SSSR count). The largest absolute Gasteiger partial charge is 0.327 e. The standard InChI is InChI=1S/C16H35N/c1-14(2)15(17)12-10-8-6-7-9-11-13-16(3,4)5/h14-15H,6-13,17H2,1-5H3. The normalized spacial score (nSPS) is 14.3. The van der Waals surface area contributed by atoms with Crippen molar-refractivity contribution in [2.45, 2.75) is 92.0 Å². The van der Waals surface area contributed by atoms with Gasteiger partial charge in [-0.25, -0.2) is 0 Å². The van der Waals surface area contributed by atoms with E-state index in [0.29, 0.717) is 17.4 Å². The van der Waals surface area contributed by atoms with E-state index in [-0.39, 0.29) is 0 Å². The molecule has 0 bridgehead atoms. The highest BCUT2D eigenvalue weighted by molar-refractivity contribution is 4.65. The third-order valence-electron chi connectivity index (χ3n) is 3.57. The summed E-state index contributed by atoms with van der Waals surface area (Å²) >= 11 is 0. The van der Waals surface area contributed by atoms with Gasteiger partial charge in [-0.05, 0) is 24.2 Å². The van der Waals surface area contributed by atoms with Gasteiger partial charge in [0.25, 0.3) is 0 Å². The summed E-state index contributed by atoms with van der Waals surface area (Å²) in [4.78, 5) is 0. The van der Waals surface area contributed by atoms with Gasteiger partial charge in [0, 0.05) is 6.04 Å². The molecule has 0 aromatic carbocycles. The Bertz CT molecular complexity index is 167. The Morgan fingerprint density at radius 2 is 1.29 bits per heavy atom. The molecule has 1 atom stereocenters. The second kappa shape index (κ2) is 8.97. The highest BCUT2D eigenvalue weighted by Gasteiger charge is 2.09. The minimum absolute atomic E-state index is 0.413. The fraction of sp³-hybridized carbons (Fsp3) is 1.00. The first-order valence-electron chi connectivity index (χ1n) is 7.58. The lowest BCUT2D eigenvalue weighted by Gasteiger charge is -2.17. The van der Waals surface area contributed by atoms with Crippen LogP contribution in [0, 0.1) is 11.3 Å². The van der Waals surface area contributed by atoms with Crippen molar-refractivity contribution in [1.82, 2.24) is 0 Å². The quantitative estimate of drug-likeness (QED) is 0.556. The van der Waals surface area contributed by atoms with E-state index in [9.17, 15) is 0 Å². The Labute approximate surface area is 110 Å². The second-order valence-electron chi connectivity index (χ2n) is 7.13. The second-order valence-corrected chi connectivity index (χ2v) is 7.13. The molecule has 17 heavy (non-hydrogen) atoms. The summed E-state index contributed by atoms with van der Waals surface area (Å²) in [6, 6.07) is 0.413. The molecule has 104 valence electrons. The first kappa shape index (κ1) is 17.0. The molecule has 0 aliphatic carbocycles. The van der Waals surface area contributed by atoms with Gasteiger partial charge >= 0.3 is 0 Å². The number of unbranched alkanes of at least 4 members (excludes halogenated alkanes) is 5. The van der Waals surface area contributed by atoms with E-state index in [1.807, 2.05) is 0 Å². The van der Waals surface area contributed by atoms with Crippen LogP contribution in [0.5, 0.6) is 0 Å². The molecule has 0 aliphatic heterocycles. The van der Waals surface area contributed by atoms with Crippen LogP contribution in [0.15, 0.2) is 0 Å². The zero-order valence-corrected chi connectivity index (χ0v) is 12.9. The Kier molecular flexibility index (Phi) is 8.94. The van der Waals surface area contributed by atoms with Crippen LogP contribution in [0.3, 0.4) is 0 Å². The Morgan fingerprint density at radius 3 is 1.76 bits per heavy atom. The summed E-state index contributed by atoms with van der Waals surface area (Å²) in [5.74, 6) is 0.641. The van der Waals surface area contributed by atoms with Crippen molar-refractivity contribution in [3.05, 3.63) is 0 Å². The molecule has 1 nitrogen and oxygen atoms in total. The third kappa shape index (κ3) is 12.2. The van der Waals surface area contributed by atoms with Crippen LogP contribution < -0.4 is 5.73 Å². The number of hydrogen-bond acceptors (Lipinski definition) is 1. The van der Waals surface area contributed by atoms with Crippen LogP contribution >= 0.6 is 0 Å². The van der Waals surface area contributed by atoms with E-state index in [1.165, 1.54) is 51.4 Å². The van der Waals surface area contributed by atoms with Crippen molar-refractivity contribution in [2.75, 3.05) is 0 Å². The molecular weight excluding hydrogens is 206 g/mol. The fourth-order valence-corrected chi connectivity index (χ4v) is 2.08. The molecule has 0 amide bonds. The van der Waals surface area contributed by atoms with E-state index in [2.05, 4.69) is 34.6 Å². The smallest absolute Gasteiger partial charge is 0.00618 e. The van der Waals surface area contributed by atoms with Crippen molar-refractivity contribution in [3.8, 4) is 0 Å². The molecule has 0 radical (unpaired) electrons. The summed E-state index contributed by atoms with van der Waals surface area (Å²) < 4.78 is 0. The van der Waals surface area contributed by atoms with Crippen LogP contribution in [0.25, 0.3) is 0 Å². The van der Waals surface area contributed by atoms with Gasteiger partial charge in [0.1, 0.15) is 0 Å². The number of rotatable bonds is 9. The maximum Gasteiger partial charge on any atom is 0.00618 e. The van der Waals surface area contributed by atoms with Crippen molar-refractivity contribution in [2.24, 2.45) is 17.1 Å². The molecule has 0 fully saturated rings. The molecule has 0 spiro atoms. The first-order valence-corrected chi connectivity index (χ1v) is 7.58. The van der Waals surface area contributed by atoms with Gasteiger partial charge in [-0.2, -0.15) is 0 Å². The zero-order valence-electron chi connectivity index (χ0n) is 12.9. The average Bonchev–Trinajstić information content (AvgIpc) is 2.19. The minimum atomic E-state index is 0.413. The summed E-state index contributed by atoms with van der Waals surface area (Å²) in [7, 11) is 0. The Balaban J connectivity index is 3.19. The average molecular weight is 241 g/mol. The lowest BCUT2D eigenvalue weighted by Crippen LogP contribution is -2.25. The van der Waals surface area contributed by atoms with Crippen molar-refractivity contribution in [3.63, 3.8) is 0 Å². The molecule has 0 saturated carbocycles. The highest BCUT2D eigenvalue weighted by atomic mass is 14.6. The molecule has 1 heteroatoms. The molecule has 0 saturated heterocycles. The molecule has 1 unspecified atom stereocenters. The van der Waals surface area contributed by atoms with Gasteiger partial charge in [-0.1, -0.05) is 73.1 Å². The van der Waals surface area contributed by atoms with Crippen LogP contribution in [0.1, 0.15) is 86.0 Å². The van der Waals surface area contributed by atoms with E-state index in [0.717, 1.165) is 0 Å². The van der Waals surface area contributed by atoms with Gasteiger partial charge in [-0.3, -0.25) is 0 Å². The summed E-state index contributed by atoms with van der Waals surface area (Å²) in [6.07, 6.45) is 10.9. The summed E-state index contributed by atoms with van der Waals surface area (Å²) in [5, 5.41) is 0. The highest BCUT2D eigenvalue weighted by Crippen LogP contribution is 2.22. The monoisotopic (exact) mass is 241 g/mol. The summed E-state index contributed by atoms with van der Waals surface area (Å²) in [5.41, 5.74) is 6.54. The number of hydrogen-bond donors (Lipinski definition) is 1.